The van der Waals surface area contributed by atoms with Gasteiger partial charge in [0.15, 0.2) is 0 Å². The van der Waals surface area contributed by atoms with Gasteiger partial charge in [-0.25, -0.2) is 9.37 Å². The molecule has 146 valence electrons. The lowest BCUT2D eigenvalue weighted by atomic mass is 10.1. The third-order valence-electron chi connectivity index (χ3n) is 4.60. The fraction of sp³-hybridized carbons (Fsp3) is 0.304. The summed E-state index contributed by atoms with van der Waals surface area (Å²) in [5.41, 5.74) is 2.38. The van der Waals surface area contributed by atoms with Crippen molar-refractivity contribution in [2.24, 2.45) is 5.92 Å². The second-order valence-corrected chi connectivity index (χ2v) is 7.51. The third-order valence-corrected chi connectivity index (χ3v) is 4.60. The van der Waals surface area contributed by atoms with E-state index in [0.717, 1.165) is 11.4 Å². The summed E-state index contributed by atoms with van der Waals surface area (Å²) in [6.45, 7) is 7.56. The van der Waals surface area contributed by atoms with Gasteiger partial charge >= 0.3 is 0 Å². The van der Waals surface area contributed by atoms with Crippen LogP contribution < -0.4 is 0 Å². The summed E-state index contributed by atoms with van der Waals surface area (Å²) in [4.78, 5) is 19.3. The predicted molar refractivity (Wildman–Crippen MR) is 108 cm³/mol. The van der Waals surface area contributed by atoms with Gasteiger partial charge in [-0.05, 0) is 31.0 Å². The molecule has 0 saturated heterocycles. The molecule has 0 unspecified atom stereocenters. The van der Waals surface area contributed by atoms with Crippen LogP contribution in [-0.4, -0.2) is 26.9 Å². The van der Waals surface area contributed by atoms with E-state index >= 15 is 0 Å². The molecule has 3 rings (SSSR count). The van der Waals surface area contributed by atoms with Crippen LogP contribution in [0.5, 0.6) is 0 Å². The van der Waals surface area contributed by atoms with Gasteiger partial charge in [0.05, 0.1) is 13.1 Å². The van der Waals surface area contributed by atoms with Crippen molar-refractivity contribution in [3.63, 3.8) is 0 Å². The van der Waals surface area contributed by atoms with Gasteiger partial charge in [0, 0.05) is 30.1 Å². The molecule has 1 amide bonds. The van der Waals surface area contributed by atoms with Crippen LogP contribution in [0.2, 0.25) is 0 Å². The van der Waals surface area contributed by atoms with Crippen molar-refractivity contribution >= 4 is 5.91 Å². The number of amides is 1. The molecule has 0 aliphatic carbocycles. The second kappa shape index (κ2) is 8.83. The van der Waals surface area contributed by atoms with E-state index in [1.807, 2.05) is 52.9 Å². The number of benzene rings is 2. The van der Waals surface area contributed by atoms with E-state index in [0.29, 0.717) is 36.7 Å². The van der Waals surface area contributed by atoms with Gasteiger partial charge in [-0.3, -0.25) is 4.79 Å². The maximum atomic E-state index is 14.0. The fourth-order valence-corrected chi connectivity index (χ4v) is 3.16. The third kappa shape index (κ3) is 4.85. The van der Waals surface area contributed by atoms with Crippen LogP contribution in [0.25, 0.3) is 0 Å². The minimum absolute atomic E-state index is 0.0193. The SMILES string of the molecule is Cc1ccc(C(=O)N(Cc2nccn2Cc2ccccc2F)CC(C)C)cc1. The monoisotopic (exact) mass is 379 g/mol. The Labute approximate surface area is 165 Å². The summed E-state index contributed by atoms with van der Waals surface area (Å²) in [6.07, 6.45) is 3.52. The minimum Gasteiger partial charge on any atom is -0.331 e. The quantitative estimate of drug-likeness (QED) is 0.598. The smallest absolute Gasteiger partial charge is 0.254 e. The van der Waals surface area contributed by atoms with Gasteiger partial charge in [-0.15, -0.1) is 0 Å². The Morgan fingerprint density at radius 3 is 2.54 bits per heavy atom. The normalized spacial score (nSPS) is 11.0. The maximum Gasteiger partial charge on any atom is 0.254 e. The average Bonchev–Trinajstić information content (AvgIpc) is 3.09. The van der Waals surface area contributed by atoms with Gasteiger partial charge in [0.25, 0.3) is 5.91 Å². The van der Waals surface area contributed by atoms with Crippen LogP contribution in [-0.2, 0) is 13.1 Å². The number of aromatic nitrogens is 2. The summed E-state index contributed by atoms with van der Waals surface area (Å²) < 4.78 is 15.9. The lowest BCUT2D eigenvalue weighted by Crippen LogP contribution is -2.34. The summed E-state index contributed by atoms with van der Waals surface area (Å²) in [6, 6.07) is 14.3. The van der Waals surface area contributed by atoms with Crippen molar-refractivity contribution in [1.82, 2.24) is 14.5 Å². The lowest BCUT2D eigenvalue weighted by molar-refractivity contribution is 0.0716. The van der Waals surface area contributed by atoms with Crippen LogP contribution in [0.3, 0.4) is 0 Å². The molecule has 0 atom stereocenters. The first-order valence-corrected chi connectivity index (χ1v) is 9.53. The Morgan fingerprint density at radius 1 is 1.14 bits per heavy atom. The van der Waals surface area contributed by atoms with Crippen molar-refractivity contribution in [3.05, 3.63) is 89.3 Å². The summed E-state index contributed by atoms with van der Waals surface area (Å²) in [5.74, 6) is 0.805. The van der Waals surface area contributed by atoms with Gasteiger partial charge in [0.1, 0.15) is 11.6 Å². The molecule has 0 aliphatic rings. The molecule has 0 bridgehead atoms. The molecule has 0 N–H and O–H groups in total. The molecule has 0 aliphatic heterocycles. The predicted octanol–water partition coefficient (Wildman–Crippen LogP) is 4.68. The largest absolute Gasteiger partial charge is 0.331 e. The molecule has 0 saturated carbocycles. The molecule has 2 aromatic carbocycles. The Bertz CT molecular complexity index is 931. The van der Waals surface area contributed by atoms with Crippen LogP contribution in [0, 0.1) is 18.7 Å². The Balaban J connectivity index is 1.82. The molecule has 5 heteroatoms. The van der Waals surface area contributed by atoms with Crippen molar-refractivity contribution in [3.8, 4) is 0 Å². The van der Waals surface area contributed by atoms with Gasteiger partial charge in [0.2, 0.25) is 0 Å². The van der Waals surface area contributed by atoms with Crippen molar-refractivity contribution in [1.29, 1.82) is 0 Å². The van der Waals surface area contributed by atoms with Gasteiger partial charge < -0.3 is 9.47 Å². The highest BCUT2D eigenvalue weighted by Gasteiger charge is 2.19. The Kier molecular flexibility index (Phi) is 6.24. The van der Waals surface area contributed by atoms with E-state index in [9.17, 15) is 9.18 Å². The topological polar surface area (TPSA) is 38.1 Å². The molecule has 0 radical (unpaired) electrons. The Hall–Kier alpha value is -2.95. The van der Waals surface area contributed by atoms with E-state index in [1.54, 1.807) is 18.3 Å². The summed E-state index contributed by atoms with van der Waals surface area (Å²) >= 11 is 0. The number of imidazole rings is 1. The van der Waals surface area contributed by atoms with E-state index in [1.165, 1.54) is 6.07 Å². The first kappa shape index (κ1) is 19.8. The minimum atomic E-state index is -0.239. The first-order chi connectivity index (χ1) is 13.4. The van der Waals surface area contributed by atoms with E-state index in [-0.39, 0.29) is 11.7 Å². The van der Waals surface area contributed by atoms with Crippen molar-refractivity contribution < 1.29 is 9.18 Å². The zero-order valence-corrected chi connectivity index (χ0v) is 16.6. The Morgan fingerprint density at radius 2 is 1.86 bits per heavy atom. The number of aryl methyl sites for hydroxylation is 1. The standard InChI is InChI=1S/C23H26FN3O/c1-17(2)14-27(23(28)19-10-8-18(3)9-11-19)16-22-25-12-13-26(22)15-20-6-4-5-7-21(20)24/h4-13,17H,14-16H2,1-3H3. The molecular formula is C23H26FN3O. The maximum absolute atomic E-state index is 14.0. The van der Waals surface area contributed by atoms with E-state index in [4.69, 9.17) is 0 Å². The van der Waals surface area contributed by atoms with Crippen LogP contribution in [0.15, 0.2) is 60.9 Å². The van der Waals surface area contributed by atoms with Crippen LogP contribution >= 0.6 is 0 Å². The second-order valence-electron chi connectivity index (χ2n) is 7.51. The number of hydrogen-bond acceptors (Lipinski definition) is 2. The molecular weight excluding hydrogens is 353 g/mol. The number of nitrogens with zero attached hydrogens (tertiary/aromatic N) is 3. The number of carbonyl (C=O) groups is 1. The first-order valence-electron chi connectivity index (χ1n) is 9.53. The van der Waals surface area contributed by atoms with Crippen molar-refractivity contribution in [2.75, 3.05) is 6.54 Å². The molecule has 1 aromatic heterocycles. The number of hydrogen-bond donors (Lipinski definition) is 0. The van der Waals surface area contributed by atoms with Gasteiger partial charge in [-0.1, -0.05) is 49.7 Å². The number of carbonyl (C=O) groups excluding carboxylic acids is 1. The molecule has 0 fully saturated rings. The molecule has 4 nitrogen and oxygen atoms in total. The van der Waals surface area contributed by atoms with E-state index < -0.39 is 0 Å². The highest BCUT2D eigenvalue weighted by Crippen LogP contribution is 2.15. The average molecular weight is 379 g/mol. The fourth-order valence-electron chi connectivity index (χ4n) is 3.16. The zero-order valence-electron chi connectivity index (χ0n) is 16.6. The van der Waals surface area contributed by atoms with Crippen LogP contribution in [0.1, 0.15) is 41.2 Å². The summed E-state index contributed by atoms with van der Waals surface area (Å²) in [7, 11) is 0. The highest BCUT2D eigenvalue weighted by atomic mass is 19.1. The highest BCUT2D eigenvalue weighted by molar-refractivity contribution is 5.94. The van der Waals surface area contributed by atoms with Crippen molar-refractivity contribution in [2.45, 2.75) is 33.9 Å². The molecule has 1 heterocycles. The number of halogens is 1. The van der Waals surface area contributed by atoms with Crippen LogP contribution in [0.4, 0.5) is 4.39 Å². The number of rotatable bonds is 7. The molecule has 3 aromatic rings. The molecule has 28 heavy (non-hydrogen) atoms. The molecule has 0 spiro atoms. The van der Waals surface area contributed by atoms with E-state index in [2.05, 4.69) is 18.8 Å². The summed E-state index contributed by atoms with van der Waals surface area (Å²) in [5, 5.41) is 0. The lowest BCUT2D eigenvalue weighted by Gasteiger charge is -2.25. The van der Waals surface area contributed by atoms with Gasteiger partial charge in [-0.2, -0.15) is 0 Å². The zero-order chi connectivity index (χ0) is 20.1.